The van der Waals surface area contributed by atoms with Gasteiger partial charge in [-0.2, -0.15) is 0 Å². The topological polar surface area (TPSA) is 79.8 Å². The number of sulfonamides is 1. The minimum atomic E-state index is -3.09. The fraction of sp³-hybridized carbons (Fsp3) is 0.900. The van der Waals surface area contributed by atoms with Crippen molar-refractivity contribution in [3.63, 3.8) is 0 Å². The number of nitrogens with one attached hydrogen (secondary N) is 2. The predicted molar refractivity (Wildman–Crippen MR) is 69.6 cm³/mol. The highest BCUT2D eigenvalue weighted by Gasteiger charge is 1.99. The summed E-state index contributed by atoms with van der Waals surface area (Å²) in [5, 5.41) is 6.99. The molecule has 0 heterocycles. The minimum absolute atomic E-state index is 0.382. The maximum absolute atomic E-state index is 10.7. The molecule has 0 amide bonds. The molecule has 0 aromatic heterocycles. The summed E-state index contributed by atoms with van der Waals surface area (Å²) < 4.78 is 23.8. The first-order valence-electron chi connectivity index (χ1n) is 5.64. The van der Waals surface area contributed by atoms with Gasteiger partial charge in [0, 0.05) is 19.6 Å². The molecule has 0 spiro atoms. The standard InChI is InChI=1S/C10H23N3O3S/c1-9(2)10(3)13-16-8-7-11-5-6-12-17(4,14)15/h9,11-12H,5-8H2,1-4H3/b13-10+. The summed E-state index contributed by atoms with van der Waals surface area (Å²) in [6.07, 6.45) is 1.14. The molecule has 0 saturated heterocycles. The van der Waals surface area contributed by atoms with Gasteiger partial charge in [-0.15, -0.1) is 0 Å². The molecule has 0 atom stereocenters. The molecule has 0 aliphatic heterocycles. The highest BCUT2D eigenvalue weighted by molar-refractivity contribution is 7.88. The maximum Gasteiger partial charge on any atom is 0.208 e. The second-order valence-corrected chi connectivity index (χ2v) is 5.97. The van der Waals surface area contributed by atoms with E-state index < -0.39 is 10.0 Å². The van der Waals surface area contributed by atoms with Crippen LogP contribution in [0.4, 0.5) is 0 Å². The highest BCUT2D eigenvalue weighted by atomic mass is 32.2. The summed E-state index contributed by atoms with van der Waals surface area (Å²) in [4.78, 5) is 5.09. The Hall–Kier alpha value is -0.660. The quantitative estimate of drug-likeness (QED) is 0.354. The lowest BCUT2D eigenvalue weighted by molar-refractivity contribution is 0.145. The zero-order valence-corrected chi connectivity index (χ0v) is 11.8. The van der Waals surface area contributed by atoms with E-state index in [1.807, 2.05) is 6.92 Å². The minimum Gasteiger partial charge on any atom is -0.394 e. The Balaban J connectivity index is 3.39. The molecule has 0 aromatic carbocycles. The molecule has 17 heavy (non-hydrogen) atoms. The van der Waals surface area contributed by atoms with Gasteiger partial charge >= 0.3 is 0 Å². The van der Waals surface area contributed by atoms with E-state index in [0.29, 0.717) is 32.2 Å². The first-order valence-corrected chi connectivity index (χ1v) is 7.54. The SMILES string of the molecule is C/C(=N\OCCNCCNS(C)(=O)=O)C(C)C. The zero-order valence-electron chi connectivity index (χ0n) is 11.0. The number of rotatable bonds is 9. The average molecular weight is 265 g/mol. The molecular formula is C10H23N3O3S. The Bertz CT molecular complexity index is 326. The molecule has 0 saturated carbocycles. The summed E-state index contributed by atoms with van der Waals surface area (Å²) in [6, 6.07) is 0. The number of hydrogen-bond donors (Lipinski definition) is 2. The Labute approximate surface area is 104 Å². The Morgan fingerprint density at radius 1 is 1.29 bits per heavy atom. The van der Waals surface area contributed by atoms with Crippen LogP contribution >= 0.6 is 0 Å². The van der Waals surface area contributed by atoms with Crippen LogP contribution in [0.5, 0.6) is 0 Å². The zero-order chi connectivity index (χ0) is 13.3. The van der Waals surface area contributed by atoms with E-state index in [2.05, 4.69) is 29.0 Å². The van der Waals surface area contributed by atoms with Gasteiger partial charge in [0.15, 0.2) is 0 Å². The fourth-order valence-electron chi connectivity index (χ4n) is 0.820. The predicted octanol–water partition coefficient (Wildman–Crippen LogP) is 0.174. The molecule has 0 rings (SSSR count). The molecule has 0 aliphatic rings. The molecule has 0 fully saturated rings. The largest absolute Gasteiger partial charge is 0.394 e. The van der Waals surface area contributed by atoms with E-state index in [-0.39, 0.29) is 0 Å². The summed E-state index contributed by atoms with van der Waals surface area (Å²) in [7, 11) is -3.09. The van der Waals surface area contributed by atoms with Crippen LogP contribution in [0.1, 0.15) is 20.8 Å². The van der Waals surface area contributed by atoms with Crippen molar-refractivity contribution >= 4 is 15.7 Å². The molecule has 0 radical (unpaired) electrons. The Morgan fingerprint density at radius 3 is 2.47 bits per heavy atom. The van der Waals surface area contributed by atoms with Crippen LogP contribution in [0.25, 0.3) is 0 Å². The Morgan fingerprint density at radius 2 is 1.94 bits per heavy atom. The van der Waals surface area contributed by atoms with Crippen molar-refractivity contribution in [2.75, 3.05) is 32.5 Å². The normalized spacial score (nSPS) is 13.1. The highest BCUT2D eigenvalue weighted by Crippen LogP contribution is 1.95. The van der Waals surface area contributed by atoms with Crippen molar-refractivity contribution in [3.8, 4) is 0 Å². The number of nitrogens with zero attached hydrogens (tertiary/aromatic N) is 1. The molecule has 0 aromatic rings. The van der Waals surface area contributed by atoms with Crippen LogP contribution in [-0.4, -0.2) is 46.6 Å². The summed E-state index contributed by atoms with van der Waals surface area (Å²) in [5.74, 6) is 0.391. The van der Waals surface area contributed by atoms with Gasteiger partial charge in [-0.3, -0.25) is 0 Å². The number of hydrogen-bond acceptors (Lipinski definition) is 5. The fourth-order valence-corrected chi connectivity index (χ4v) is 1.29. The van der Waals surface area contributed by atoms with Crippen molar-refractivity contribution in [1.29, 1.82) is 0 Å². The molecule has 2 N–H and O–H groups in total. The average Bonchev–Trinajstić information content (AvgIpc) is 2.19. The van der Waals surface area contributed by atoms with E-state index in [4.69, 9.17) is 4.84 Å². The van der Waals surface area contributed by atoms with Crippen molar-refractivity contribution in [2.45, 2.75) is 20.8 Å². The first-order chi connectivity index (χ1) is 7.83. The van der Waals surface area contributed by atoms with Gasteiger partial charge in [-0.1, -0.05) is 19.0 Å². The van der Waals surface area contributed by atoms with E-state index in [9.17, 15) is 8.42 Å². The van der Waals surface area contributed by atoms with Crippen LogP contribution in [0, 0.1) is 5.92 Å². The molecule has 0 bridgehead atoms. The van der Waals surface area contributed by atoms with Gasteiger partial charge in [-0.25, -0.2) is 13.1 Å². The van der Waals surface area contributed by atoms with Crippen molar-refractivity contribution in [3.05, 3.63) is 0 Å². The van der Waals surface area contributed by atoms with E-state index in [1.165, 1.54) is 0 Å². The third-order valence-electron chi connectivity index (χ3n) is 2.08. The second kappa shape index (κ2) is 8.43. The molecular weight excluding hydrogens is 242 g/mol. The van der Waals surface area contributed by atoms with E-state index in [1.54, 1.807) is 0 Å². The van der Waals surface area contributed by atoms with Gasteiger partial charge in [0.25, 0.3) is 0 Å². The van der Waals surface area contributed by atoms with Crippen LogP contribution in [0.15, 0.2) is 5.16 Å². The van der Waals surface area contributed by atoms with Crippen molar-refractivity contribution in [1.82, 2.24) is 10.0 Å². The lowest BCUT2D eigenvalue weighted by Gasteiger charge is -2.06. The van der Waals surface area contributed by atoms with Crippen LogP contribution in [0.3, 0.4) is 0 Å². The van der Waals surface area contributed by atoms with Crippen molar-refractivity contribution < 1.29 is 13.3 Å². The van der Waals surface area contributed by atoms with Crippen LogP contribution < -0.4 is 10.0 Å². The molecule has 0 aliphatic carbocycles. The third kappa shape index (κ3) is 11.6. The number of oxime groups is 1. The van der Waals surface area contributed by atoms with Gasteiger partial charge in [0.1, 0.15) is 6.61 Å². The van der Waals surface area contributed by atoms with Crippen LogP contribution in [-0.2, 0) is 14.9 Å². The van der Waals surface area contributed by atoms with Gasteiger partial charge in [0.2, 0.25) is 10.0 Å². The van der Waals surface area contributed by atoms with Gasteiger partial charge in [-0.05, 0) is 12.8 Å². The smallest absolute Gasteiger partial charge is 0.208 e. The summed E-state index contributed by atoms with van der Waals surface area (Å²) in [6.45, 7) is 8.10. The Kier molecular flexibility index (Phi) is 8.11. The van der Waals surface area contributed by atoms with E-state index in [0.717, 1.165) is 12.0 Å². The van der Waals surface area contributed by atoms with Gasteiger partial charge in [0.05, 0.1) is 12.0 Å². The van der Waals surface area contributed by atoms with Gasteiger partial charge < -0.3 is 10.2 Å². The lowest BCUT2D eigenvalue weighted by atomic mass is 10.1. The van der Waals surface area contributed by atoms with E-state index >= 15 is 0 Å². The molecule has 102 valence electrons. The third-order valence-corrected chi connectivity index (χ3v) is 2.81. The molecule has 7 heteroatoms. The first kappa shape index (κ1) is 16.3. The summed E-state index contributed by atoms with van der Waals surface area (Å²) in [5.41, 5.74) is 0.962. The maximum atomic E-state index is 10.7. The second-order valence-electron chi connectivity index (χ2n) is 4.14. The summed E-state index contributed by atoms with van der Waals surface area (Å²) >= 11 is 0. The molecule has 0 unspecified atom stereocenters. The monoisotopic (exact) mass is 265 g/mol. The lowest BCUT2D eigenvalue weighted by Crippen LogP contribution is -2.32. The van der Waals surface area contributed by atoms with Crippen LogP contribution in [0.2, 0.25) is 0 Å². The van der Waals surface area contributed by atoms with Crippen molar-refractivity contribution in [2.24, 2.45) is 11.1 Å². The molecule has 6 nitrogen and oxygen atoms in total.